The van der Waals surface area contributed by atoms with Gasteiger partial charge < -0.3 is 4.74 Å². The summed E-state index contributed by atoms with van der Waals surface area (Å²) >= 11 is 0. The van der Waals surface area contributed by atoms with E-state index in [0.717, 1.165) is 6.20 Å². The molecule has 0 radical (unpaired) electrons. The Bertz CT molecular complexity index is 1300. The molecule has 4 heterocycles. The molecule has 3 aromatic rings. The van der Waals surface area contributed by atoms with Crippen molar-refractivity contribution in [3.05, 3.63) is 35.9 Å². The Morgan fingerprint density at radius 1 is 1.25 bits per heavy atom. The van der Waals surface area contributed by atoms with Crippen molar-refractivity contribution in [2.75, 3.05) is 18.1 Å². The van der Waals surface area contributed by atoms with Gasteiger partial charge in [0.15, 0.2) is 21.4 Å². The first-order valence-electron chi connectivity index (χ1n) is 10.4. The summed E-state index contributed by atoms with van der Waals surface area (Å²) in [6, 6.07) is 3.12. The van der Waals surface area contributed by atoms with Gasteiger partial charge in [0.2, 0.25) is 5.88 Å². The number of ether oxygens (including phenoxy) is 1. The van der Waals surface area contributed by atoms with Crippen LogP contribution in [0.2, 0.25) is 0 Å². The minimum Gasteiger partial charge on any atom is -0.478 e. The molecule has 0 bridgehead atoms. The summed E-state index contributed by atoms with van der Waals surface area (Å²) in [7, 11) is -3.04. The van der Waals surface area contributed by atoms with Crippen LogP contribution in [0, 0.1) is 11.2 Å². The van der Waals surface area contributed by atoms with Gasteiger partial charge in [0.05, 0.1) is 29.8 Å². The Morgan fingerprint density at radius 3 is 2.59 bits per heavy atom. The van der Waals surface area contributed by atoms with E-state index in [4.69, 9.17) is 4.74 Å². The maximum atomic E-state index is 14.6. The molecular weight excluding hydrogens is 435 g/mol. The molecule has 1 fully saturated rings. The summed E-state index contributed by atoms with van der Waals surface area (Å²) < 4.78 is 44.9. The van der Waals surface area contributed by atoms with Crippen LogP contribution in [0.3, 0.4) is 0 Å². The zero-order chi connectivity index (χ0) is 23.3. The summed E-state index contributed by atoms with van der Waals surface area (Å²) in [4.78, 5) is 21.3. The first-order valence-corrected chi connectivity index (χ1v) is 12.2. The lowest BCUT2D eigenvalue weighted by Gasteiger charge is -2.37. The van der Waals surface area contributed by atoms with Crippen molar-refractivity contribution in [1.29, 1.82) is 0 Å². The number of carbonyl (C=O) groups is 1. The van der Waals surface area contributed by atoms with Crippen molar-refractivity contribution in [2.45, 2.75) is 40.2 Å². The van der Waals surface area contributed by atoms with E-state index in [0.29, 0.717) is 28.9 Å². The largest absolute Gasteiger partial charge is 0.478 e. The maximum Gasteiger partial charge on any atom is 0.214 e. The highest BCUT2D eigenvalue weighted by Gasteiger charge is 2.45. The lowest BCUT2D eigenvalue weighted by atomic mass is 9.86. The van der Waals surface area contributed by atoms with Gasteiger partial charge >= 0.3 is 0 Å². The fraction of sp³-hybridized carbons (Fsp3) is 0.455. The van der Waals surface area contributed by atoms with E-state index in [1.807, 2.05) is 20.8 Å². The molecule has 0 N–H and O–H groups in total. The SMILES string of the molecule is CCOc1cc(-c2nn(C(C)C)c3cc(C(=O)CC4(C)CS(=O)(=O)C4)cnc23)c(F)cn1. The van der Waals surface area contributed by atoms with Crippen molar-refractivity contribution in [3.63, 3.8) is 0 Å². The second-order valence-electron chi connectivity index (χ2n) is 8.86. The standard InChI is InChI=1S/C22H25FN4O4S/c1-5-31-19-7-15(16(23)10-24-19)20-21-17(27(26-20)13(2)3)6-14(9-25-21)18(28)8-22(4)11-32(29,30)12-22/h6-7,9-10,13H,5,8,11-12H2,1-4H3. The number of hydrogen-bond donors (Lipinski definition) is 0. The van der Waals surface area contributed by atoms with Crippen molar-refractivity contribution in [3.8, 4) is 17.1 Å². The molecular formula is C22H25FN4O4S. The van der Waals surface area contributed by atoms with Gasteiger partial charge in [-0.25, -0.2) is 17.8 Å². The Labute approximate surface area is 185 Å². The number of Topliss-reactive ketones (excluding diaryl/α,β-unsaturated/α-hetero) is 1. The maximum absolute atomic E-state index is 14.6. The zero-order valence-electron chi connectivity index (χ0n) is 18.4. The summed E-state index contributed by atoms with van der Waals surface area (Å²) in [5.41, 5.74) is 1.44. The number of hydrogen-bond acceptors (Lipinski definition) is 7. The predicted molar refractivity (Wildman–Crippen MR) is 118 cm³/mol. The highest BCUT2D eigenvalue weighted by molar-refractivity contribution is 7.92. The number of halogens is 1. The Balaban J connectivity index is 1.75. The second kappa shape index (κ2) is 7.91. The fourth-order valence-electron chi connectivity index (χ4n) is 4.19. The van der Waals surface area contributed by atoms with Crippen LogP contribution in [0.25, 0.3) is 22.3 Å². The molecule has 0 spiro atoms. The van der Waals surface area contributed by atoms with Crippen molar-refractivity contribution >= 4 is 26.7 Å². The molecule has 1 aliphatic rings. The quantitative estimate of drug-likeness (QED) is 0.496. The molecule has 0 aliphatic carbocycles. The van der Waals surface area contributed by atoms with Crippen LogP contribution in [0.4, 0.5) is 4.39 Å². The summed E-state index contributed by atoms with van der Waals surface area (Å²) in [6.45, 7) is 7.87. The number of carbonyl (C=O) groups excluding carboxylic acids is 1. The van der Waals surface area contributed by atoms with Gasteiger partial charge in [0.25, 0.3) is 0 Å². The summed E-state index contributed by atoms with van der Waals surface area (Å²) in [6.07, 6.45) is 2.66. The highest BCUT2D eigenvalue weighted by Crippen LogP contribution is 2.37. The minimum atomic E-state index is -3.04. The van der Waals surface area contributed by atoms with Crippen LogP contribution < -0.4 is 4.74 Å². The van der Waals surface area contributed by atoms with Crippen molar-refractivity contribution in [2.24, 2.45) is 5.41 Å². The van der Waals surface area contributed by atoms with E-state index in [-0.39, 0.29) is 41.2 Å². The third-order valence-corrected chi connectivity index (χ3v) is 7.73. The van der Waals surface area contributed by atoms with Gasteiger partial charge in [0.1, 0.15) is 11.2 Å². The highest BCUT2D eigenvalue weighted by atomic mass is 32.2. The summed E-state index contributed by atoms with van der Waals surface area (Å²) in [5.74, 6) is -0.419. The molecule has 0 amide bonds. The first kappa shape index (κ1) is 22.3. The molecule has 0 saturated carbocycles. The van der Waals surface area contributed by atoms with E-state index in [2.05, 4.69) is 15.1 Å². The fourth-order valence-corrected chi connectivity index (χ4v) is 6.43. The number of pyridine rings is 2. The van der Waals surface area contributed by atoms with Gasteiger partial charge in [-0.3, -0.25) is 14.5 Å². The number of nitrogens with zero attached hydrogens (tertiary/aromatic N) is 4. The molecule has 10 heteroatoms. The lowest BCUT2D eigenvalue weighted by molar-refractivity contribution is 0.0936. The molecule has 170 valence electrons. The van der Waals surface area contributed by atoms with Gasteiger partial charge in [-0.15, -0.1) is 0 Å². The Morgan fingerprint density at radius 2 is 1.97 bits per heavy atom. The molecule has 3 aromatic heterocycles. The second-order valence-corrected chi connectivity index (χ2v) is 10.9. The van der Waals surface area contributed by atoms with Gasteiger partial charge in [-0.1, -0.05) is 6.92 Å². The average Bonchev–Trinajstić information content (AvgIpc) is 3.06. The Hall–Kier alpha value is -2.88. The molecule has 0 atom stereocenters. The number of sulfone groups is 1. The third kappa shape index (κ3) is 4.11. The predicted octanol–water partition coefficient (Wildman–Crippen LogP) is 3.62. The smallest absolute Gasteiger partial charge is 0.214 e. The van der Waals surface area contributed by atoms with Crippen LogP contribution in [0.15, 0.2) is 24.5 Å². The topological polar surface area (TPSA) is 104 Å². The molecule has 8 nitrogen and oxygen atoms in total. The number of rotatable bonds is 7. The van der Waals surface area contributed by atoms with Crippen LogP contribution in [-0.4, -0.2) is 52.1 Å². The lowest BCUT2D eigenvalue weighted by Crippen LogP contribution is -2.47. The van der Waals surface area contributed by atoms with E-state index < -0.39 is 21.1 Å². The monoisotopic (exact) mass is 460 g/mol. The third-order valence-electron chi connectivity index (χ3n) is 5.46. The van der Waals surface area contributed by atoms with Crippen LogP contribution in [0.1, 0.15) is 50.5 Å². The van der Waals surface area contributed by atoms with Crippen LogP contribution in [-0.2, 0) is 9.84 Å². The number of ketones is 1. The van der Waals surface area contributed by atoms with E-state index >= 15 is 0 Å². The average molecular weight is 461 g/mol. The molecule has 0 aromatic carbocycles. The molecule has 4 rings (SSSR count). The van der Waals surface area contributed by atoms with Crippen molar-refractivity contribution < 1.29 is 22.3 Å². The molecule has 0 unspecified atom stereocenters. The zero-order valence-corrected chi connectivity index (χ0v) is 19.2. The Kier molecular flexibility index (Phi) is 5.52. The van der Waals surface area contributed by atoms with Crippen molar-refractivity contribution in [1.82, 2.24) is 19.7 Å². The van der Waals surface area contributed by atoms with Gasteiger partial charge in [0, 0.05) is 41.3 Å². The van der Waals surface area contributed by atoms with E-state index in [9.17, 15) is 17.6 Å². The normalized spacial score (nSPS) is 16.8. The molecule has 1 aliphatic heterocycles. The number of fused-ring (bicyclic) bond motifs is 1. The van der Waals surface area contributed by atoms with E-state index in [1.165, 1.54) is 12.3 Å². The van der Waals surface area contributed by atoms with Gasteiger partial charge in [-0.2, -0.15) is 5.10 Å². The first-order chi connectivity index (χ1) is 15.0. The van der Waals surface area contributed by atoms with Crippen LogP contribution >= 0.6 is 0 Å². The summed E-state index contributed by atoms with van der Waals surface area (Å²) in [5, 5.41) is 4.58. The van der Waals surface area contributed by atoms with E-state index in [1.54, 1.807) is 17.7 Å². The number of aromatic nitrogens is 4. The van der Waals surface area contributed by atoms with Gasteiger partial charge in [-0.05, 0) is 26.8 Å². The molecule has 32 heavy (non-hydrogen) atoms. The minimum absolute atomic E-state index is 0.0129. The van der Waals surface area contributed by atoms with Crippen LogP contribution in [0.5, 0.6) is 5.88 Å². The molecule has 1 saturated heterocycles.